The number of alkyl halides is 3. The molecule has 1 saturated carbocycles. The molecule has 0 unspecified atom stereocenters. The Morgan fingerprint density at radius 3 is 2.23 bits per heavy atom. The summed E-state index contributed by atoms with van der Waals surface area (Å²) in [6.07, 6.45) is 3.56. The van der Waals surface area contributed by atoms with Crippen molar-refractivity contribution in [3.05, 3.63) is 47.8 Å². The maximum absolute atomic E-state index is 12.7. The summed E-state index contributed by atoms with van der Waals surface area (Å²) >= 11 is 0. The van der Waals surface area contributed by atoms with Gasteiger partial charge in [-0.05, 0) is 43.2 Å². The molecule has 140 valence electrons. The number of benzene rings is 1. The van der Waals surface area contributed by atoms with Crippen LogP contribution in [0.3, 0.4) is 0 Å². The number of nitrogens with zero attached hydrogens (tertiary/aromatic N) is 3. The Labute approximate surface area is 150 Å². The highest BCUT2D eigenvalue weighted by atomic mass is 19.4. The van der Waals surface area contributed by atoms with Gasteiger partial charge in [-0.1, -0.05) is 25.7 Å². The van der Waals surface area contributed by atoms with E-state index < -0.39 is 11.9 Å². The van der Waals surface area contributed by atoms with Gasteiger partial charge < -0.3 is 4.90 Å². The number of aromatic nitrogens is 2. The van der Waals surface area contributed by atoms with Crippen molar-refractivity contribution in [1.82, 2.24) is 14.7 Å². The summed E-state index contributed by atoms with van der Waals surface area (Å²) < 4.78 is 39.1. The molecule has 1 heterocycles. The molecule has 0 radical (unpaired) electrons. The highest BCUT2D eigenvalue weighted by molar-refractivity contribution is 5.94. The molecule has 4 nitrogen and oxygen atoms in total. The Morgan fingerprint density at radius 1 is 1.08 bits per heavy atom. The van der Waals surface area contributed by atoms with Gasteiger partial charge in [-0.15, -0.1) is 0 Å². The highest BCUT2D eigenvalue weighted by Crippen LogP contribution is 2.28. The lowest BCUT2D eigenvalue weighted by Crippen LogP contribution is -2.36. The van der Waals surface area contributed by atoms with Crippen LogP contribution in [0.15, 0.2) is 36.5 Å². The SMILES string of the molecule is CN(C(=O)c1ccc(-n2ccc(C(F)(F)F)n2)cc1)C1CCCCCC1. The molecule has 3 rings (SSSR count). The van der Waals surface area contributed by atoms with Crippen LogP contribution in [0.1, 0.15) is 54.6 Å². The number of rotatable bonds is 3. The molecular weight excluding hydrogens is 343 g/mol. The summed E-state index contributed by atoms with van der Waals surface area (Å²) in [5.74, 6) is -0.0557. The van der Waals surface area contributed by atoms with Crippen LogP contribution in [-0.4, -0.2) is 33.7 Å². The smallest absolute Gasteiger partial charge is 0.339 e. The lowest BCUT2D eigenvalue weighted by Gasteiger charge is -2.27. The van der Waals surface area contributed by atoms with Gasteiger partial charge in [0.1, 0.15) is 0 Å². The van der Waals surface area contributed by atoms with Crippen molar-refractivity contribution in [2.75, 3.05) is 7.05 Å². The standard InChI is InChI=1S/C19H22F3N3O/c1-24(15-6-4-2-3-5-7-15)18(26)14-8-10-16(11-9-14)25-13-12-17(23-25)19(20,21)22/h8-13,15H,2-7H2,1H3. The maximum Gasteiger partial charge on any atom is 0.435 e. The molecule has 2 aromatic rings. The highest BCUT2D eigenvalue weighted by Gasteiger charge is 2.33. The minimum atomic E-state index is -4.47. The quantitative estimate of drug-likeness (QED) is 0.741. The molecule has 1 aromatic carbocycles. The zero-order valence-corrected chi connectivity index (χ0v) is 14.7. The van der Waals surface area contributed by atoms with E-state index in [9.17, 15) is 18.0 Å². The van der Waals surface area contributed by atoms with Gasteiger partial charge in [0, 0.05) is 24.8 Å². The van der Waals surface area contributed by atoms with E-state index in [1.807, 2.05) is 7.05 Å². The lowest BCUT2D eigenvalue weighted by molar-refractivity contribution is -0.141. The fourth-order valence-electron chi connectivity index (χ4n) is 3.39. The number of carbonyl (C=O) groups is 1. The molecule has 0 atom stereocenters. The Morgan fingerprint density at radius 2 is 1.69 bits per heavy atom. The summed E-state index contributed by atoms with van der Waals surface area (Å²) in [6.45, 7) is 0. The van der Waals surface area contributed by atoms with E-state index in [4.69, 9.17) is 0 Å². The van der Waals surface area contributed by atoms with Crippen molar-refractivity contribution >= 4 is 5.91 Å². The molecule has 1 fully saturated rings. The van der Waals surface area contributed by atoms with Crippen molar-refractivity contribution in [3.8, 4) is 5.69 Å². The second-order valence-corrected chi connectivity index (χ2v) is 6.75. The minimum Gasteiger partial charge on any atom is -0.339 e. The first-order chi connectivity index (χ1) is 12.4. The van der Waals surface area contributed by atoms with Gasteiger partial charge in [0.25, 0.3) is 5.91 Å². The minimum absolute atomic E-state index is 0.0557. The van der Waals surface area contributed by atoms with Gasteiger partial charge in [-0.3, -0.25) is 4.79 Å². The summed E-state index contributed by atoms with van der Waals surface area (Å²) in [6, 6.07) is 7.69. The molecule has 0 bridgehead atoms. The molecular formula is C19H22F3N3O. The largest absolute Gasteiger partial charge is 0.435 e. The van der Waals surface area contributed by atoms with Gasteiger partial charge in [0.05, 0.1) is 5.69 Å². The zero-order valence-electron chi connectivity index (χ0n) is 14.7. The summed E-state index contributed by atoms with van der Waals surface area (Å²) in [5, 5.41) is 3.54. The van der Waals surface area contributed by atoms with Crippen LogP contribution in [0.25, 0.3) is 5.69 Å². The van der Waals surface area contributed by atoms with Gasteiger partial charge >= 0.3 is 6.18 Å². The second-order valence-electron chi connectivity index (χ2n) is 6.75. The summed E-state index contributed by atoms with van der Waals surface area (Å²) in [7, 11) is 1.83. The monoisotopic (exact) mass is 365 g/mol. The average Bonchev–Trinajstić information content (AvgIpc) is 2.98. The first-order valence-electron chi connectivity index (χ1n) is 8.87. The van der Waals surface area contributed by atoms with Crippen molar-refractivity contribution in [3.63, 3.8) is 0 Å². The van der Waals surface area contributed by atoms with Gasteiger partial charge in [-0.25, -0.2) is 4.68 Å². The molecule has 0 aliphatic heterocycles. The lowest BCUT2D eigenvalue weighted by atomic mass is 10.1. The van der Waals surface area contributed by atoms with E-state index in [-0.39, 0.29) is 11.9 Å². The van der Waals surface area contributed by atoms with Crippen LogP contribution in [0.2, 0.25) is 0 Å². The van der Waals surface area contributed by atoms with E-state index in [1.165, 1.54) is 19.0 Å². The molecule has 1 aromatic heterocycles. The Bertz CT molecular complexity index is 744. The van der Waals surface area contributed by atoms with Crippen LogP contribution in [-0.2, 0) is 6.18 Å². The molecule has 0 saturated heterocycles. The number of carbonyl (C=O) groups excluding carboxylic acids is 1. The van der Waals surface area contributed by atoms with E-state index in [0.717, 1.165) is 36.4 Å². The third-order valence-electron chi connectivity index (χ3n) is 4.95. The fraction of sp³-hybridized carbons (Fsp3) is 0.474. The van der Waals surface area contributed by atoms with Crippen LogP contribution in [0.4, 0.5) is 13.2 Å². The van der Waals surface area contributed by atoms with Crippen LogP contribution in [0.5, 0.6) is 0 Å². The molecule has 1 amide bonds. The number of halogens is 3. The number of hydrogen-bond donors (Lipinski definition) is 0. The zero-order chi connectivity index (χ0) is 18.7. The van der Waals surface area contributed by atoms with Crippen molar-refractivity contribution < 1.29 is 18.0 Å². The Balaban J connectivity index is 1.72. The van der Waals surface area contributed by atoms with Gasteiger partial charge in [0.15, 0.2) is 5.69 Å². The summed E-state index contributed by atoms with van der Waals surface area (Å²) in [4.78, 5) is 14.5. The molecule has 1 aliphatic rings. The normalized spacial score (nSPS) is 16.3. The molecule has 0 spiro atoms. The second kappa shape index (κ2) is 7.51. The van der Waals surface area contributed by atoms with E-state index in [1.54, 1.807) is 29.2 Å². The number of amides is 1. The van der Waals surface area contributed by atoms with E-state index in [0.29, 0.717) is 11.3 Å². The maximum atomic E-state index is 12.7. The first-order valence-corrected chi connectivity index (χ1v) is 8.87. The third-order valence-corrected chi connectivity index (χ3v) is 4.95. The molecule has 26 heavy (non-hydrogen) atoms. The van der Waals surface area contributed by atoms with Gasteiger partial charge in [0.2, 0.25) is 0 Å². The average molecular weight is 365 g/mol. The Hall–Kier alpha value is -2.31. The molecule has 7 heteroatoms. The predicted octanol–water partition coefficient (Wildman–Crippen LogP) is 4.69. The Kier molecular flexibility index (Phi) is 5.34. The van der Waals surface area contributed by atoms with Gasteiger partial charge in [-0.2, -0.15) is 18.3 Å². The topological polar surface area (TPSA) is 38.1 Å². The predicted molar refractivity (Wildman–Crippen MR) is 92.1 cm³/mol. The third kappa shape index (κ3) is 4.08. The fourth-order valence-corrected chi connectivity index (χ4v) is 3.39. The van der Waals surface area contributed by atoms with Crippen LogP contribution < -0.4 is 0 Å². The van der Waals surface area contributed by atoms with Crippen LogP contribution >= 0.6 is 0 Å². The van der Waals surface area contributed by atoms with Crippen molar-refractivity contribution in [1.29, 1.82) is 0 Å². The summed E-state index contributed by atoms with van der Waals surface area (Å²) in [5.41, 5.74) is 0.0728. The molecule has 0 N–H and O–H groups in total. The number of hydrogen-bond acceptors (Lipinski definition) is 2. The van der Waals surface area contributed by atoms with E-state index >= 15 is 0 Å². The van der Waals surface area contributed by atoms with E-state index in [2.05, 4.69) is 5.10 Å². The van der Waals surface area contributed by atoms with Crippen molar-refractivity contribution in [2.24, 2.45) is 0 Å². The van der Waals surface area contributed by atoms with Crippen molar-refractivity contribution in [2.45, 2.75) is 50.7 Å². The van der Waals surface area contributed by atoms with Crippen LogP contribution in [0, 0.1) is 0 Å². The first kappa shape index (κ1) is 18.5. The molecule has 1 aliphatic carbocycles.